The van der Waals surface area contributed by atoms with E-state index >= 15 is 0 Å². The normalized spacial score (nSPS) is 22.9. The van der Waals surface area contributed by atoms with Crippen LogP contribution >= 0.6 is 15.9 Å². The molecular formula is C15H21BrN2. The van der Waals surface area contributed by atoms with Gasteiger partial charge in [-0.3, -0.25) is 4.98 Å². The van der Waals surface area contributed by atoms with Crippen molar-refractivity contribution in [2.45, 2.75) is 44.6 Å². The Morgan fingerprint density at radius 1 is 1.17 bits per heavy atom. The number of rotatable bonds is 3. The van der Waals surface area contributed by atoms with Crippen molar-refractivity contribution in [2.24, 2.45) is 5.92 Å². The van der Waals surface area contributed by atoms with E-state index in [1.165, 1.54) is 50.9 Å². The smallest absolute Gasteiger partial charge is 0.0413 e. The third-order valence-corrected chi connectivity index (χ3v) is 5.00. The average molecular weight is 309 g/mol. The Morgan fingerprint density at radius 3 is 2.50 bits per heavy atom. The van der Waals surface area contributed by atoms with Gasteiger partial charge in [-0.05, 0) is 79.2 Å². The molecule has 0 N–H and O–H groups in total. The molecule has 2 nitrogen and oxygen atoms in total. The molecule has 0 atom stereocenters. The van der Waals surface area contributed by atoms with Crippen molar-refractivity contribution >= 4 is 15.9 Å². The molecule has 0 amide bonds. The number of halogens is 1. The van der Waals surface area contributed by atoms with Crippen molar-refractivity contribution in [3.63, 3.8) is 0 Å². The first-order valence-electron chi connectivity index (χ1n) is 7.16. The Hall–Kier alpha value is -0.410. The van der Waals surface area contributed by atoms with Crippen LogP contribution in [0.1, 0.15) is 37.8 Å². The van der Waals surface area contributed by atoms with Crippen molar-refractivity contribution in [1.29, 1.82) is 0 Å². The van der Waals surface area contributed by atoms with Gasteiger partial charge in [0.05, 0.1) is 0 Å². The Bertz CT molecular complexity index is 378. The summed E-state index contributed by atoms with van der Waals surface area (Å²) >= 11 is 3.44. The molecule has 1 saturated carbocycles. The molecular weight excluding hydrogens is 288 g/mol. The average Bonchev–Trinajstić information content (AvgIpc) is 2.32. The van der Waals surface area contributed by atoms with Gasteiger partial charge in [-0.25, -0.2) is 0 Å². The zero-order valence-corrected chi connectivity index (χ0v) is 12.4. The van der Waals surface area contributed by atoms with E-state index in [0.717, 1.165) is 22.9 Å². The van der Waals surface area contributed by atoms with Crippen LogP contribution in [0.2, 0.25) is 0 Å². The highest BCUT2D eigenvalue weighted by molar-refractivity contribution is 9.10. The molecule has 18 heavy (non-hydrogen) atoms. The molecule has 2 heterocycles. The first-order chi connectivity index (χ1) is 8.81. The Kier molecular flexibility index (Phi) is 4.00. The summed E-state index contributed by atoms with van der Waals surface area (Å²) in [5.41, 5.74) is 1.25. The molecule has 1 aliphatic carbocycles. The van der Waals surface area contributed by atoms with Crippen molar-refractivity contribution in [2.75, 3.05) is 13.1 Å². The molecule has 0 aromatic carbocycles. The first-order valence-corrected chi connectivity index (χ1v) is 7.95. The number of hydrogen-bond acceptors (Lipinski definition) is 2. The summed E-state index contributed by atoms with van der Waals surface area (Å²) in [6.07, 6.45) is 10.1. The van der Waals surface area contributed by atoms with Crippen LogP contribution in [0.4, 0.5) is 0 Å². The van der Waals surface area contributed by atoms with Gasteiger partial charge in [0.1, 0.15) is 0 Å². The number of pyridine rings is 1. The van der Waals surface area contributed by atoms with E-state index in [1.807, 2.05) is 6.20 Å². The van der Waals surface area contributed by atoms with Gasteiger partial charge in [-0.1, -0.05) is 6.42 Å². The van der Waals surface area contributed by atoms with Crippen LogP contribution in [0.15, 0.2) is 22.8 Å². The van der Waals surface area contributed by atoms with Gasteiger partial charge < -0.3 is 4.90 Å². The van der Waals surface area contributed by atoms with Crippen LogP contribution in [0.5, 0.6) is 0 Å². The van der Waals surface area contributed by atoms with E-state index < -0.39 is 0 Å². The zero-order valence-electron chi connectivity index (χ0n) is 10.8. The monoisotopic (exact) mass is 308 g/mol. The highest BCUT2D eigenvalue weighted by Crippen LogP contribution is 2.29. The summed E-state index contributed by atoms with van der Waals surface area (Å²) in [5.74, 6) is 0.843. The molecule has 2 aliphatic rings. The molecule has 3 rings (SSSR count). The van der Waals surface area contributed by atoms with E-state index in [-0.39, 0.29) is 0 Å². The lowest BCUT2D eigenvalue weighted by molar-refractivity contribution is 0.0845. The highest BCUT2D eigenvalue weighted by Gasteiger charge is 2.28. The lowest BCUT2D eigenvalue weighted by atomic mass is 9.86. The number of likely N-dealkylation sites (tertiary alicyclic amines) is 1. The first kappa shape index (κ1) is 12.6. The lowest BCUT2D eigenvalue weighted by Crippen LogP contribution is -2.45. The predicted molar refractivity (Wildman–Crippen MR) is 77.6 cm³/mol. The van der Waals surface area contributed by atoms with Crippen LogP contribution in [-0.2, 0) is 6.42 Å². The third kappa shape index (κ3) is 2.94. The molecule has 1 aliphatic heterocycles. The summed E-state index contributed by atoms with van der Waals surface area (Å²) < 4.78 is 1.08. The molecule has 2 fully saturated rings. The van der Waals surface area contributed by atoms with Crippen LogP contribution in [0.3, 0.4) is 0 Å². The second-order valence-electron chi connectivity index (χ2n) is 5.74. The third-order valence-electron chi connectivity index (χ3n) is 4.53. The van der Waals surface area contributed by atoms with E-state index in [9.17, 15) is 0 Å². The summed E-state index contributed by atoms with van der Waals surface area (Å²) in [5, 5.41) is 0. The Balaban J connectivity index is 1.48. The van der Waals surface area contributed by atoms with Gasteiger partial charge in [0, 0.05) is 22.4 Å². The molecule has 0 spiro atoms. The molecule has 1 aromatic rings. The van der Waals surface area contributed by atoms with E-state index in [2.05, 4.69) is 37.9 Å². The minimum Gasteiger partial charge on any atom is -0.300 e. The van der Waals surface area contributed by atoms with Crippen LogP contribution in [0.25, 0.3) is 0 Å². The number of nitrogens with zero attached hydrogens (tertiary/aromatic N) is 2. The minimum atomic E-state index is 0.843. The van der Waals surface area contributed by atoms with Crippen molar-refractivity contribution in [3.8, 4) is 0 Å². The lowest BCUT2D eigenvalue weighted by Gasteiger charge is -2.41. The molecule has 0 radical (unpaired) electrons. The minimum absolute atomic E-state index is 0.843. The molecule has 1 saturated heterocycles. The van der Waals surface area contributed by atoms with Crippen LogP contribution < -0.4 is 0 Å². The van der Waals surface area contributed by atoms with E-state index in [4.69, 9.17) is 0 Å². The molecule has 0 bridgehead atoms. The van der Waals surface area contributed by atoms with Crippen molar-refractivity contribution < 1.29 is 0 Å². The number of piperidine rings is 1. The molecule has 98 valence electrons. The maximum atomic E-state index is 4.49. The summed E-state index contributed by atoms with van der Waals surface area (Å²) in [7, 11) is 0. The van der Waals surface area contributed by atoms with Crippen LogP contribution in [-0.4, -0.2) is 29.0 Å². The summed E-state index contributed by atoms with van der Waals surface area (Å²) in [6.45, 7) is 2.62. The molecule has 3 heteroatoms. The Labute approximate surface area is 118 Å². The van der Waals surface area contributed by atoms with Gasteiger partial charge in [-0.15, -0.1) is 0 Å². The fraction of sp³-hybridized carbons (Fsp3) is 0.667. The highest BCUT2D eigenvalue weighted by atomic mass is 79.9. The predicted octanol–water partition coefficient (Wildman–Crippen LogP) is 3.65. The fourth-order valence-electron chi connectivity index (χ4n) is 3.10. The van der Waals surface area contributed by atoms with E-state index in [1.54, 1.807) is 0 Å². The Morgan fingerprint density at radius 2 is 1.94 bits per heavy atom. The van der Waals surface area contributed by atoms with E-state index in [0.29, 0.717) is 0 Å². The van der Waals surface area contributed by atoms with Gasteiger partial charge in [-0.2, -0.15) is 0 Å². The van der Waals surface area contributed by atoms with Gasteiger partial charge in [0.25, 0.3) is 0 Å². The quantitative estimate of drug-likeness (QED) is 0.847. The van der Waals surface area contributed by atoms with Gasteiger partial charge >= 0.3 is 0 Å². The largest absolute Gasteiger partial charge is 0.300 e. The second kappa shape index (κ2) is 5.70. The van der Waals surface area contributed by atoms with Crippen molar-refractivity contribution in [1.82, 2.24) is 9.88 Å². The standard InChI is InChI=1S/C15H21BrN2/c16-13-4-5-14(17-11-13)10-12-6-8-18(9-7-12)15-2-1-3-15/h4-5,11-12,15H,1-3,6-10H2. The molecule has 0 unspecified atom stereocenters. The fourth-order valence-corrected chi connectivity index (χ4v) is 3.33. The SMILES string of the molecule is Brc1ccc(CC2CCN(C3CCC3)CC2)nc1. The van der Waals surface area contributed by atoms with Crippen LogP contribution in [0, 0.1) is 5.92 Å². The second-order valence-corrected chi connectivity index (χ2v) is 6.65. The summed E-state index contributed by atoms with van der Waals surface area (Å²) in [6, 6.07) is 5.19. The number of aromatic nitrogens is 1. The van der Waals surface area contributed by atoms with Gasteiger partial charge in [0.2, 0.25) is 0 Å². The van der Waals surface area contributed by atoms with Crippen molar-refractivity contribution in [3.05, 3.63) is 28.5 Å². The molecule has 1 aromatic heterocycles. The maximum Gasteiger partial charge on any atom is 0.0413 e. The number of hydrogen-bond donors (Lipinski definition) is 0. The topological polar surface area (TPSA) is 16.1 Å². The maximum absolute atomic E-state index is 4.49. The summed E-state index contributed by atoms with van der Waals surface area (Å²) in [4.78, 5) is 7.21. The zero-order chi connectivity index (χ0) is 12.4. The van der Waals surface area contributed by atoms with Gasteiger partial charge in [0.15, 0.2) is 0 Å².